The van der Waals surface area contributed by atoms with Gasteiger partial charge < -0.3 is 20.5 Å². The van der Waals surface area contributed by atoms with Crippen molar-refractivity contribution in [1.29, 1.82) is 0 Å². The third kappa shape index (κ3) is 6.33. The van der Waals surface area contributed by atoms with Crippen LogP contribution in [0.2, 0.25) is 0 Å². The van der Waals surface area contributed by atoms with Gasteiger partial charge in [-0.2, -0.15) is 0 Å². The smallest absolute Gasteiger partial charge is 0.251 e. The molecule has 0 aliphatic carbocycles. The minimum Gasteiger partial charge on any atom is -0.394 e. The second-order valence-electron chi connectivity index (χ2n) is 7.30. The molecule has 160 valence electrons. The van der Waals surface area contributed by atoms with Gasteiger partial charge in [0.05, 0.1) is 25.2 Å². The normalized spacial score (nSPS) is 21.1. The van der Waals surface area contributed by atoms with Gasteiger partial charge in [-0.1, -0.05) is 0 Å². The molecule has 1 aromatic carbocycles. The van der Waals surface area contributed by atoms with Crippen LogP contribution in [0, 0.1) is 5.82 Å². The lowest BCUT2D eigenvalue weighted by Gasteiger charge is -2.36. The van der Waals surface area contributed by atoms with Crippen molar-refractivity contribution in [1.82, 2.24) is 15.6 Å². The van der Waals surface area contributed by atoms with E-state index >= 15 is 0 Å². The Balaban J connectivity index is 1.43. The van der Waals surface area contributed by atoms with Crippen molar-refractivity contribution in [3.05, 3.63) is 65.7 Å². The number of nitrogens with zero attached hydrogens (tertiary/aromatic N) is 1. The van der Waals surface area contributed by atoms with E-state index in [0.29, 0.717) is 24.9 Å². The molecule has 2 heterocycles. The molecule has 0 radical (unpaired) electrons. The third-order valence-corrected chi connectivity index (χ3v) is 5.12. The fourth-order valence-electron chi connectivity index (χ4n) is 3.47. The van der Waals surface area contributed by atoms with Gasteiger partial charge in [-0.3, -0.25) is 14.6 Å². The zero-order chi connectivity index (χ0) is 21.3. The molecule has 1 aliphatic rings. The summed E-state index contributed by atoms with van der Waals surface area (Å²) in [4.78, 5) is 28.5. The molecule has 30 heavy (non-hydrogen) atoms. The molecule has 0 saturated carbocycles. The largest absolute Gasteiger partial charge is 0.394 e. The predicted molar refractivity (Wildman–Crippen MR) is 108 cm³/mol. The van der Waals surface area contributed by atoms with Gasteiger partial charge in [0.15, 0.2) is 0 Å². The summed E-state index contributed by atoms with van der Waals surface area (Å²) >= 11 is 0. The first kappa shape index (κ1) is 21.9. The number of aromatic nitrogens is 1. The van der Waals surface area contributed by atoms with Crippen molar-refractivity contribution in [3.8, 4) is 0 Å². The molecule has 3 N–H and O–H groups in total. The molecule has 0 unspecified atom stereocenters. The van der Waals surface area contributed by atoms with Gasteiger partial charge in [0, 0.05) is 24.5 Å². The van der Waals surface area contributed by atoms with Crippen LogP contribution in [0.15, 0.2) is 48.8 Å². The van der Waals surface area contributed by atoms with Crippen LogP contribution in [0.5, 0.6) is 0 Å². The van der Waals surface area contributed by atoms with E-state index in [9.17, 15) is 19.1 Å². The van der Waals surface area contributed by atoms with Gasteiger partial charge in [0.2, 0.25) is 5.91 Å². The zero-order valence-electron chi connectivity index (χ0n) is 16.6. The lowest BCUT2D eigenvalue weighted by molar-refractivity contribution is -0.130. The van der Waals surface area contributed by atoms with Crippen LogP contribution >= 0.6 is 0 Å². The number of carbonyl (C=O) groups excluding carboxylic acids is 2. The highest BCUT2D eigenvalue weighted by molar-refractivity contribution is 5.94. The maximum absolute atomic E-state index is 13.0. The standard InChI is InChI=1S/C22H26FN3O4/c23-17-3-1-16(2-4-17)22(29)26-19-6-5-18(30-20(19)14-27)13-21(28)25-12-9-15-7-10-24-11-8-15/h1-4,7-8,10-11,18-20,27H,5-6,9,12-14H2,(H,25,28)(H,26,29)/t18-,19-,20-/m1/s1. The Morgan fingerprint density at radius 3 is 2.57 bits per heavy atom. The van der Waals surface area contributed by atoms with Crippen molar-refractivity contribution in [2.24, 2.45) is 0 Å². The van der Waals surface area contributed by atoms with E-state index in [0.717, 1.165) is 12.0 Å². The highest BCUT2D eigenvalue weighted by Gasteiger charge is 2.33. The fraction of sp³-hybridized carbons (Fsp3) is 0.409. The number of hydrogen-bond acceptors (Lipinski definition) is 5. The van der Waals surface area contributed by atoms with Crippen LogP contribution in [-0.4, -0.2) is 53.3 Å². The number of benzene rings is 1. The van der Waals surface area contributed by atoms with Gasteiger partial charge in [-0.25, -0.2) is 4.39 Å². The van der Waals surface area contributed by atoms with Crippen LogP contribution < -0.4 is 10.6 Å². The molecule has 1 fully saturated rings. The Morgan fingerprint density at radius 2 is 1.87 bits per heavy atom. The number of halogens is 1. The van der Waals surface area contributed by atoms with Gasteiger partial charge in [0.1, 0.15) is 11.9 Å². The monoisotopic (exact) mass is 415 g/mol. The molecule has 3 rings (SSSR count). The summed E-state index contributed by atoms with van der Waals surface area (Å²) in [7, 11) is 0. The number of hydrogen-bond donors (Lipinski definition) is 3. The van der Waals surface area contributed by atoms with E-state index in [4.69, 9.17) is 4.74 Å². The van der Waals surface area contributed by atoms with Crippen LogP contribution in [0.1, 0.15) is 35.2 Å². The molecular formula is C22H26FN3O4. The number of amides is 2. The maximum Gasteiger partial charge on any atom is 0.251 e. The molecule has 2 aromatic rings. The lowest BCUT2D eigenvalue weighted by atomic mass is 9.96. The van der Waals surface area contributed by atoms with Crippen LogP contribution in [0.4, 0.5) is 4.39 Å². The summed E-state index contributed by atoms with van der Waals surface area (Å²) in [6, 6.07) is 8.69. The van der Waals surface area contributed by atoms with E-state index in [1.54, 1.807) is 12.4 Å². The zero-order valence-corrected chi connectivity index (χ0v) is 16.6. The maximum atomic E-state index is 13.0. The van der Waals surface area contributed by atoms with Gasteiger partial charge in [0.25, 0.3) is 5.91 Å². The number of nitrogens with one attached hydrogen (secondary N) is 2. The molecular weight excluding hydrogens is 389 g/mol. The molecule has 8 heteroatoms. The molecule has 0 bridgehead atoms. The number of ether oxygens (including phenoxy) is 1. The fourth-order valence-corrected chi connectivity index (χ4v) is 3.47. The first-order chi connectivity index (χ1) is 14.5. The van der Waals surface area contributed by atoms with Gasteiger partial charge in [-0.15, -0.1) is 0 Å². The minimum absolute atomic E-state index is 0.112. The molecule has 2 amide bonds. The highest BCUT2D eigenvalue weighted by atomic mass is 19.1. The Hall–Kier alpha value is -2.84. The van der Waals surface area contributed by atoms with Crippen molar-refractivity contribution in [3.63, 3.8) is 0 Å². The first-order valence-electron chi connectivity index (χ1n) is 10.0. The third-order valence-electron chi connectivity index (χ3n) is 5.12. The van der Waals surface area contributed by atoms with E-state index in [-0.39, 0.29) is 37.0 Å². The van der Waals surface area contributed by atoms with Gasteiger partial charge >= 0.3 is 0 Å². The highest BCUT2D eigenvalue weighted by Crippen LogP contribution is 2.22. The Morgan fingerprint density at radius 1 is 1.13 bits per heavy atom. The van der Waals surface area contributed by atoms with Crippen molar-refractivity contribution in [2.75, 3.05) is 13.2 Å². The van der Waals surface area contributed by atoms with E-state index in [1.165, 1.54) is 24.3 Å². The molecule has 7 nitrogen and oxygen atoms in total. The van der Waals surface area contributed by atoms with Crippen LogP contribution in [0.25, 0.3) is 0 Å². The molecule has 3 atom stereocenters. The number of rotatable bonds is 8. The number of aliphatic hydroxyl groups is 1. The quantitative estimate of drug-likeness (QED) is 0.608. The summed E-state index contributed by atoms with van der Waals surface area (Å²) < 4.78 is 18.9. The van der Waals surface area contributed by atoms with Gasteiger partial charge in [-0.05, 0) is 61.2 Å². The minimum atomic E-state index is -0.599. The second kappa shape index (κ2) is 10.8. The van der Waals surface area contributed by atoms with Crippen molar-refractivity contribution in [2.45, 2.75) is 43.9 Å². The molecule has 0 spiro atoms. The Labute approximate surface area is 174 Å². The van der Waals surface area contributed by atoms with E-state index in [1.807, 2.05) is 12.1 Å². The Kier molecular flexibility index (Phi) is 7.87. The Bertz CT molecular complexity index is 832. The summed E-state index contributed by atoms with van der Waals surface area (Å²) in [5.41, 5.74) is 1.43. The van der Waals surface area contributed by atoms with Crippen molar-refractivity contribution >= 4 is 11.8 Å². The molecule has 1 aromatic heterocycles. The van der Waals surface area contributed by atoms with E-state index < -0.39 is 11.9 Å². The average molecular weight is 415 g/mol. The molecule has 1 saturated heterocycles. The topological polar surface area (TPSA) is 101 Å². The van der Waals surface area contributed by atoms with Crippen LogP contribution in [-0.2, 0) is 16.0 Å². The van der Waals surface area contributed by atoms with E-state index in [2.05, 4.69) is 15.6 Å². The first-order valence-corrected chi connectivity index (χ1v) is 10.0. The predicted octanol–water partition coefficient (Wildman–Crippen LogP) is 1.61. The SMILES string of the molecule is O=C(C[C@H]1CC[C@@H](NC(=O)c2ccc(F)cc2)[C@@H](CO)O1)NCCc1ccncc1. The van der Waals surface area contributed by atoms with Crippen LogP contribution in [0.3, 0.4) is 0 Å². The summed E-state index contributed by atoms with van der Waals surface area (Å²) in [6.45, 7) is 0.254. The van der Waals surface area contributed by atoms with Crippen molar-refractivity contribution < 1.29 is 23.8 Å². The second-order valence-corrected chi connectivity index (χ2v) is 7.30. The summed E-state index contributed by atoms with van der Waals surface area (Å²) in [6.07, 6.45) is 4.60. The summed E-state index contributed by atoms with van der Waals surface area (Å²) in [5.74, 6) is -0.878. The lowest BCUT2D eigenvalue weighted by Crippen LogP contribution is -2.51. The number of aliphatic hydroxyl groups excluding tert-OH is 1. The summed E-state index contributed by atoms with van der Waals surface area (Å²) in [5, 5.41) is 15.4. The molecule has 1 aliphatic heterocycles. The average Bonchev–Trinajstić information content (AvgIpc) is 2.76. The number of pyridine rings is 1. The number of carbonyl (C=O) groups is 2.